The fourth-order valence-electron chi connectivity index (χ4n) is 6.00. The largest absolute Gasteiger partial charge is 0.497 e. The maximum atomic E-state index is 13.6. The molecule has 5 nitrogen and oxygen atoms in total. The Morgan fingerprint density at radius 2 is 1.60 bits per heavy atom. The average Bonchev–Trinajstić information content (AvgIpc) is 3.34. The lowest BCUT2D eigenvalue weighted by atomic mass is 9.68. The summed E-state index contributed by atoms with van der Waals surface area (Å²) < 4.78 is 18.8. The summed E-state index contributed by atoms with van der Waals surface area (Å²) >= 11 is 0. The predicted octanol–water partition coefficient (Wildman–Crippen LogP) is 10.5. The van der Waals surface area contributed by atoms with Crippen molar-refractivity contribution < 1.29 is 18.7 Å². The number of carbonyl (C=O) groups is 1. The predicted molar refractivity (Wildman–Crippen MR) is 181 cm³/mol. The smallest absolute Gasteiger partial charge is 0.414 e. The number of ether oxygens (including phenoxy) is 2. The van der Waals surface area contributed by atoms with Crippen molar-refractivity contribution in [2.24, 2.45) is 5.41 Å². The first-order chi connectivity index (χ1) is 20.4. The van der Waals surface area contributed by atoms with E-state index in [1.54, 1.807) is 7.11 Å². The van der Waals surface area contributed by atoms with Gasteiger partial charge >= 0.3 is 6.09 Å². The molecule has 43 heavy (non-hydrogen) atoms. The number of nitrogens with zero attached hydrogens (tertiary/aromatic N) is 1. The molecule has 1 saturated heterocycles. The Kier molecular flexibility index (Phi) is 12.5. The van der Waals surface area contributed by atoms with Gasteiger partial charge in [0.25, 0.3) is 0 Å². The molecule has 0 bridgehead atoms. The van der Waals surface area contributed by atoms with Gasteiger partial charge in [0.1, 0.15) is 12.4 Å². The van der Waals surface area contributed by atoms with Gasteiger partial charge in [0.2, 0.25) is 0 Å². The second-order valence-electron chi connectivity index (χ2n) is 13.8. The molecule has 0 spiro atoms. The first-order valence-corrected chi connectivity index (χ1v) is 19.3. The van der Waals surface area contributed by atoms with Crippen molar-refractivity contribution in [3.05, 3.63) is 78.0 Å². The van der Waals surface area contributed by atoms with E-state index >= 15 is 0 Å². The highest BCUT2D eigenvalue weighted by Gasteiger charge is 2.51. The topological polar surface area (TPSA) is 48.0 Å². The van der Waals surface area contributed by atoms with E-state index < -0.39 is 13.7 Å². The lowest BCUT2D eigenvalue weighted by Crippen LogP contribution is -2.49. The molecular formula is C37H57NO4Si. The first kappa shape index (κ1) is 34.9. The summed E-state index contributed by atoms with van der Waals surface area (Å²) in [6.45, 7) is 21.2. The molecule has 6 heteroatoms. The Labute approximate surface area is 263 Å². The third-order valence-electron chi connectivity index (χ3n) is 9.73. The summed E-state index contributed by atoms with van der Waals surface area (Å²) in [4.78, 5) is 15.5. The summed E-state index contributed by atoms with van der Waals surface area (Å²) in [6, 6.07) is 18.6. The number of carbonyl (C=O) groups excluding carboxylic acids is 1. The second kappa shape index (κ2) is 15.4. The van der Waals surface area contributed by atoms with Gasteiger partial charge in [0.15, 0.2) is 8.32 Å². The van der Waals surface area contributed by atoms with E-state index in [1.807, 2.05) is 23.1 Å². The van der Waals surface area contributed by atoms with Gasteiger partial charge in [-0.1, -0.05) is 122 Å². The number of unbranched alkanes of at least 4 members (excludes halogenated alkanes) is 4. The van der Waals surface area contributed by atoms with E-state index in [4.69, 9.17) is 20.5 Å². The average molecular weight is 608 g/mol. The first-order valence-electron chi connectivity index (χ1n) is 16.4. The zero-order valence-corrected chi connectivity index (χ0v) is 29.2. The molecule has 1 fully saturated rings. The quantitative estimate of drug-likeness (QED) is 0.133. The van der Waals surface area contributed by atoms with Gasteiger partial charge in [-0.3, -0.25) is 4.90 Å². The van der Waals surface area contributed by atoms with Crippen molar-refractivity contribution >= 4 is 14.4 Å². The molecule has 1 aliphatic heterocycles. The molecule has 0 aliphatic carbocycles. The number of benzene rings is 2. The molecule has 1 amide bonds. The SMILES string of the molecule is C=C(N1C(=O)OC[C@@H]1Cc1ccccc1)[C@@](CCCC)(CCCCCC)[C@@H](O[Si](C)(C)C(C)(C)C)c1ccc(OC)cc1. The molecule has 1 heterocycles. The Morgan fingerprint density at radius 3 is 2.19 bits per heavy atom. The van der Waals surface area contributed by atoms with Gasteiger partial charge in [-0.15, -0.1) is 0 Å². The lowest BCUT2D eigenvalue weighted by Gasteiger charge is -2.50. The van der Waals surface area contributed by atoms with Crippen LogP contribution >= 0.6 is 0 Å². The minimum atomic E-state index is -2.26. The molecule has 0 unspecified atom stereocenters. The molecular weight excluding hydrogens is 550 g/mol. The Bertz CT molecular complexity index is 1160. The van der Waals surface area contributed by atoms with Crippen LogP contribution in [0.5, 0.6) is 5.75 Å². The summed E-state index contributed by atoms with van der Waals surface area (Å²) in [5.74, 6) is 0.821. The van der Waals surface area contributed by atoms with Crippen LogP contribution in [0.3, 0.4) is 0 Å². The molecule has 2 aromatic rings. The highest BCUT2D eigenvalue weighted by molar-refractivity contribution is 6.74. The van der Waals surface area contributed by atoms with E-state index in [2.05, 4.69) is 84.1 Å². The van der Waals surface area contributed by atoms with Gasteiger partial charge in [-0.25, -0.2) is 4.79 Å². The van der Waals surface area contributed by atoms with Crippen LogP contribution in [0.1, 0.15) is 103 Å². The fraction of sp³-hybridized carbons (Fsp3) is 0.595. The van der Waals surface area contributed by atoms with Crippen LogP contribution in [-0.2, 0) is 15.6 Å². The summed E-state index contributed by atoms with van der Waals surface area (Å²) in [7, 11) is -0.563. The zero-order valence-electron chi connectivity index (χ0n) is 28.2. The van der Waals surface area contributed by atoms with Crippen LogP contribution < -0.4 is 4.74 Å². The van der Waals surface area contributed by atoms with Crippen LogP contribution in [0.4, 0.5) is 4.79 Å². The minimum Gasteiger partial charge on any atom is -0.497 e. The van der Waals surface area contributed by atoms with Crippen LogP contribution in [0.2, 0.25) is 18.1 Å². The molecule has 3 rings (SSSR count). The lowest BCUT2D eigenvalue weighted by molar-refractivity contribution is 0.0232. The van der Waals surface area contributed by atoms with Crippen LogP contribution in [0.15, 0.2) is 66.9 Å². The van der Waals surface area contributed by atoms with E-state index in [-0.39, 0.29) is 23.3 Å². The van der Waals surface area contributed by atoms with E-state index in [1.165, 1.54) is 18.4 Å². The maximum absolute atomic E-state index is 13.6. The summed E-state index contributed by atoms with van der Waals surface area (Å²) in [6.07, 6.45) is 8.59. The number of hydrogen-bond donors (Lipinski definition) is 0. The summed E-state index contributed by atoms with van der Waals surface area (Å²) in [5.41, 5.74) is 2.67. The Balaban J connectivity index is 2.20. The third-order valence-corrected chi connectivity index (χ3v) is 14.2. The highest BCUT2D eigenvalue weighted by atomic mass is 28.4. The van der Waals surface area contributed by atoms with Gasteiger partial charge < -0.3 is 13.9 Å². The molecule has 0 saturated carbocycles. The van der Waals surface area contributed by atoms with Gasteiger partial charge in [-0.05, 0) is 60.7 Å². The molecule has 2 aromatic carbocycles. The molecule has 1 aliphatic rings. The Hall–Kier alpha value is -2.57. The maximum Gasteiger partial charge on any atom is 0.414 e. The van der Waals surface area contributed by atoms with Crippen molar-refractivity contribution in [3.63, 3.8) is 0 Å². The van der Waals surface area contributed by atoms with Gasteiger partial charge in [-0.2, -0.15) is 0 Å². The van der Waals surface area contributed by atoms with E-state index in [9.17, 15) is 4.79 Å². The fourth-order valence-corrected chi connectivity index (χ4v) is 7.31. The number of amides is 1. The third kappa shape index (κ3) is 8.54. The number of methoxy groups -OCH3 is 1. The normalized spacial score (nSPS) is 17.8. The number of hydrogen-bond acceptors (Lipinski definition) is 4. The van der Waals surface area contributed by atoms with E-state index in [0.29, 0.717) is 6.61 Å². The minimum absolute atomic E-state index is 0.0141. The molecule has 0 aromatic heterocycles. The van der Waals surface area contributed by atoms with Gasteiger partial charge in [0, 0.05) is 11.1 Å². The van der Waals surface area contributed by atoms with Crippen molar-refractivity contribution in [1.29, 1.82) is 0 Å². The van der Waals surface area contributed by atoms with E-state index in [0.717, 1.165) is 62.0 Å². The molecule has 0 radical (unpaired) electrons. The summed E-state index contributed by atoms with van der Waals surface area (Å²) in [5, 5.41) is 0.0141. The molecule has 0 N–H and O–H groups in total. The van der Waals surface area contributed by atoms with Crippen molar-refractivity contribution in [2.45, 2.75) is 123 Å². The van der Waals surface area contributed by atoms with Crippen molar-refractivity contribution in [3.8, 4) is 5.75 Å². The highest BCUT2D eigenvalue weighted by Crippen LogP contribution is 2.55. The van der Waals surface area contributed by atoms with Crippen LogP contribution in [-0.4, -0.2) is 39.1 Å². The van der Waals surface area contributed by atoms with Gasteiger partial charge in [0.05, 0.1) is 19.3 Å². The molecule has 3 atom stereocenters. The Morgan fingerprint density at radius 1 is 0.977 bits per heavy atom. The van der Waals surface area contributed by atoms with Crippen LogP contribution in [0.25, 0.3) is 0 Å². The second-order valence-corrected chi connectivity index (χ2v) is 18.6. The number of cyclic esters (lactones) is 1. The number of rotatable bonds is 17. The monoisotopic (exact) mass is 607 g/mol. The standard InChI is InChI=1S/C37H57NO4Si/c1-10-12-14-18-26-37(25-13-11-2,29(3)38-32(28-41-35(38)39)27-30-19-16-15-17-20-30)34(42-43(8,9)36(4,5)6)31-21-23-33(40-7)24-22-31/h15-17,19-24,32,34H,3,10-14,18,25-28H2,1-2,4-9H3/t32-,34-,37+/m0/s1. The van der Waals surface area contributed by atoms with Crippen molar-refractivity contribution in [1.82, 2.24) is 4.90 Å². The zero-order chi connectivity index (χ0) is 31.7. The van der Waals surface area contributed by atoms with Crippen LogP contribution in [0, 0.1) is 5.41 Å². The van der Waals surface area contributed by atoms with Crippen molar-refractivity contribution in [2.75, 3.05) is 13.7 Å². The molecule has 238 valence electrons.